The zero-order valence-electron chi connectivity index (χ0n) is 12.6. The molecule has 0 aliphatic carbocycles. The Morgan fingerprint density at radius 3 is 2.88 bits per heavy atom. The number of nitrogens with zero attached hydrogens (tertiary/aromatic N) is 3. The Morgan fingerprint density at radius 2 is 2.12 bits per heavy atom. The maximum absolute atomic E-state index is 13.7. The largest absolute Gasteiger partial charge is 0.472 e. The summed E-state index contributed by atoms with van der Waals surface area (Å²) in [4.78, 5) is 0. The van der Waals surface area contributed by atoms with Crippen LogP contribution in [0.3, 0.4) is 0 Å². The molecule has 3 rings (SSSR count). The van der Waals surface area contributed by atoms with Crippen molar-refractivity contribution >= 4 is 10.0 Å². The van der Waals surface area contributed by atoms with Gasteiger partial charge in [-0.1, -0.05) is 0 Å². The van der Waals surface area contributed by atoms with Gasteiger partial charge in [-0.3, -0.25) is 0 Å². The molecule has 0 amide bonds. The lowest BCUT2D eigenvalue weighted by Crippen LogP contribution is -2.32. The van der Waals surface area contributed by atoms with E-state index in [0.717, 1.165) is 18.2 Å². The van der Waals surface area contributed by atoms with Crippen LogP contribution in [-0.4, -0.2) is 42.1 Å². The van der Waals surface area contributed by atoms with Gasteiger partial charge in [0.1, 0.15) is 17.7 Å². The Hall–Kier alpha value is -2.13. The van der Waals surface area contributed by atoms with E-state index in [1.807, 2.05) is 0 Å². The van der Waals surface area contributed by atoms with Gasteiger partial charge >= 0.3 is 0 Å². The second kappa shape index (κ2) is 6.78. The van der Waals surface area contributed by atoms with Crippen LogP contribution < -0.4 is 4.74 Å². The van der Waals surface area contributed by atoms with Crippen LogP contribution in [0.5, 0.6) is 5.88 Å². The van der Waals surface area contributed by atoms with Gasteiger partial charge in [0.15, 0.2) is 0 Å². The summed E-state index contributed by atoms with van der Waals surface area (Å²) in [6.07, 6.45) is 1.64. The summed E-state index contributed by atoms with van der Waals surface area (Å²) in [5, 5.41) is 7.47. The molecule has 0 unspecified atom stereocenters. The lowest BCUT2D eigenvalue weighted by atomic mass is 10.2. The number of hydrogen-bond donors (Lipinski definition) is 0. The summed E-state index contributed by atoms with van der Waals surface area (Å²) in [7, 11) is -3.77. The third-order valence-electron chi connectivity index (χ3n) is 3.68. The quantitative estimate of drug-likeness (QED) is 0.817. The van der Waals surface area contributed by atoms with Gasteiger partial charge in [0.2, 0.25) is 15.9 Å². The number of halogens is 2. The van der Waals surface area contributed by atoms with E-state index >= 15 is 0 Å². The van der Waals surface area contributed by atoms with E-state index in [1.165, 1.54) is 10.5 Å². The van der Waals surface area contributed by atoms with Gasteiger partial charge in [-0.2, -0.15) is 9.40 Å². The lowest BCUT2D eigenvalue weighted by Gasteiger charge is -2.17. The topological polar surface area (TPSA) is 72.4 Å². The number of aromatic nitrogens is 2. The first-order chi connectivity index (χ1) is 11.4. The van der Waals surface area contributed by atoms with Crippen LogP contribution in [0.25, 0.3) is 0 Å². The Morgan fingerprint density at radius 1 is 1.29 bits per heavy atom. The minimum Gasteiger partial charge on any atom is -0.472 e. The molecule has 1 atom stereocenters. The van der Waals surface area contributed by atoms with E-state index in [-0.39, 0.29) is 24.8 Å². The second-order valence-corrected chi connectivity index (χ2v) is 7.41. The molecule has 6 nitrogen and oxygen atoms in total. The van der Waals surface area contributed by atoms with Gasteiger partial charge in [0.05, 0.1) is 12.3 Å². The van der Waals surface area contributed by atoms with Gasteiger partial charge in [-0.15, -0.1) is 5.10 Å². The normalized spacial score (nSPS) is 18.7. The number of rotatable bonds is 5. The van der Waals surface area contributed by atoms with Crippen LogP contribution >= 0.6 is 0 Å². The van der Waals surface area contributed by atoms with Gasteiger partial charge in [-0.05, 0) is 30.7 Å². The molecule has 1 fully saturated rings. The highest BCUT2D eigenvalue weighted by atomic mass is 32.2. The summed E-state index contributed by atoms with van der Waals surface area (Å²) in [6, 6.07) is 6.07. The summed E-state index contributed by atoms with van der Waals surface area (Å²) in [5.41, 5.74) is -0.187. The molecule has 2 heterocycles. The number of benzene rings is 1. The van der Waals surface area contributed by atoms with Crippen molar-refractivity contribution < 1.29 is 21.9 Å². The van der Waals surface area contributed by atoms with Crippen LogP contribution in [0.1, 0.15) is 12.0 Å². The fourth-order valence-corrected chi connectivity index (χ4v) is 4.08. The standard InChI is InChI=1S/C15H15F2N3O3S/c16-12-3-4-14(17)11(8-12)10-24(21,22)20-7-5-13(9-20)23-15-2-1-6-18-19-15/h1-4,6,8,13H,5,7,9-10H2/t13-/m1/s1. The number of hydrogen-bond acceptors (Lipinski definition) is 5. The SMILES string of the molecule is O=S(=O)(Cc1cc(F)ccc1F)N1CC[C@@H](Oc2cccnn2)C1. The van der Waals surface area contributed by atoms with Crippen LogP contribution in [-0.2, 0) is 15.8 Å². The van der Waals surface area contributed by atoms with Crippen molar-refractivity contribution in [2.75, 3.05) is 13.1 Å². The van der Waals surface area contributed by atoms with Crippen molar-refractivity contribution in [3.8, 4) is 5.88 Å². The molecule has 1 saturated heterocycles. The van der Waals surface area contributed by atoms with Crippen molar-refractivity contribution in [1.29, 1.82) is 0 Å². The first-order valence-electron chi connectivity index (χ1n) is 7.30. The Labute approximate surface area is 138 Å². The van der Waals surface area contributed by atoms with Crippen LogP contribution in [0.4, 0.5) is 8.78 Å². The predicted octanol–water partition coefficient (Wildman–Crippen LogP) is 1.74. The van der Waals surface area contributed by atoms with Crippen molar-refractivity contribution in [3.63, 3.8) is 0 Å². The molecule has 1 aromatic carbocycles. The molecule has 1 aromatic heterocycles. The van der Waals surface area contributed by atoms with E-state index in [9.17, 15) is 17.2 Å². The lowest BCUT2D eigenvalue weighted by molar-refractivity contribution is 0.204. The summed E-state index contributed by atoms with van der Waals surface area (Å²) < 4.78 is 58.5. The monoisotopic (exact) mass is 355 g/mol. The van der Waals surface area contributed by atoms with Crippen LogP contribution in [0.2, 0.25) is 0 Å². The first kappa shape index (κ1) is 16.7. The number of sulfonamides is 1. The summed E-state index contributed by atoms with van der Waals surface area (Å²) in [6.45, 7) is 0.389. The molecule has 0 spiro atoms. The van der Waals surface area contributed by atoms with Crippen LogP contribution in [0.15, 0.2) is 36.5 Å². The molecule has 2 aromatic rings. The zero-order chi connectivity index (χ0) is 17.2. The first-order valence-corrected chi connectivity index (χ1v) is 8.91. The predicted molar refractivity (Wildman–Crippen MR) is 81.6 cm³/mol. The van der Waals surface area contributed by atoms with Crippen molar-refractivity contribution in [3.05, 3.63) is 53.7 Å². The maximum Gasteiger partial charge on any atom is 0.233 e. The molecule has 0 saturated carbocycles. The van der Waals surface area contributed by atoms with Gasteiger partial charge in [0.25, 0.3) is 0 Å². The van der Waals surface area contributed by atoms with E-state index in [1.54, 1.807) is 12.1 Å². The molecule has 0 bridgehead atoms. The van der Waals surface area contributed by atoms with Gasteiger partial charge < -0.3 is 4.74 Å². The Balaban J connectivity index is 1.67. The highest BCUT2D eigenvalue weighted by molar-refractivity contribution is 7.88. The smallest absolute Gasteiger partial charge is 0.233 e. The minimum absolute atomic E-state index is 0.135. The number of ether oxygens (including phenoxy) is 1. The van der Waals surface area contributed by atoms with E-state index < -0.39 is 27.4 Å². The highest BCUT2D eigenvalue weighted by Gasteiger charge is 2.33. The maximum atomic E-state index is 13.7. The molecule has 1 aliphatic heterocycles. The fourth-order valence-electron chi connectivity index (χ4n) is 2.51. The molecule has 9 heteroatoms. The summed E-state index contributed by atoms with van der Waals surface area (Å²) in [5.74, 6) is -1.69. The van der Waals surface area contributed by atoms with Gasteiger partial charge in [0, 0.05) is 24.4 Å². The third kappa shape index (κ3) is 3.85. The van der Waals surface area contributed by atoms with Crippen LogP contribution in [0, 0.1) is 11.6 Å². The third-order valence-corrected chi connectivity index (χ3v) is 5.48. The van der Waals surface area contributed by atoms with Crippen molar-refractivity contribution in [2.24, 2.45) is 0 Å². The average Bonchev–Trinajstić information content (AvgIpc) is 3.01. The zero-order valence-corrected chi connectivity index (χ0v) is 13.4. The molecular formula is C15H15F2N3O3S. The molecule has 1 aliphatic rings. The fraction of sp³-hybridized carbons (Fsp3) is 0.333. The van der Waals surface area contributed by atoms with Crippen molar-refractivity contribution in [2.45, 2.75) is 18.3 Å². The Bertz CT molecular complexity index is 818. The van der Waals surface area contributed by atoms with E-state index in [2.05, 4.69) is 10.2 Å². The molecule has 0 radical (unpaired) electrons. The minimum atomic E-state index is -3.77. The van der Waals surface area contributed by atoms with E-state index in [4.69, 9.17) is 4.74 Å². The van der Waals surface area contributed by atoms with Gasteiger partial charge in [-0.25, -0.2) is 17.2 Å². The molecule has 24 heavy (non-hydrogen) atoms. The molecular weight excluding hydrogens is 340 g/mol. The molecule has 0 N–H and O–H groups in total. The molecule has 128 valence electrons. The second-order valence-electron chi connectivity index (χ2n) is 5.44. The average molecular weight is 355 g/mol. The van der Waals surface area contributed by atoms with E-state index in [0.29, 0.717) is 12.3 Å². The highest BCUT2D eigenvalue weighted by Crippen LogP contribution is 2.22. The Kier molecular flexibility index (Phi) is 4.72. The van der Waals surface area contributed by atoms with Crippen molar-refractivity contribution in [1.82, 2.24) is 14.5 Å². The summed E-state index contributed by atoms with van der Waals surface area (Å²) >= 11 is 0.